The van der Waals surface area contributed by atoms with Crippen molar-refractivity contribution in [3.63, 3.8) is 0 Å². The van der Waals surface area contributed by atoms with Gasteiger partial charge in [0.05, 0.1) is 12.8 Å². The molecule has 0 saturated heterocycles. The van der Waals surface area contributed by atoms with Crippen LogP contribution in [-0.4, -0.2) is 27.7 Å². The van der Waals surface area contributed by atoms with Crippen molar-refractivity contribution in [1.82, 2.24) is 14.6 Å². The second-order valence-electron chi connectivity index (χ2n) is 11.3. The van der Waals surface area contributed by atoms with Crippen molar-refractivity contribution in [1.29, 1.82) is 0 Å². The second-order valence-corrected chi connectivity index (χ2v) is 11.3. The SMILES string of the molecule is COc1ccc(-c2c(C)nn3c(N[C@H]4C[C@H]5C[C@@H]([C@@H]4C)C5(C)C)c4c(nc23)CCC4)c(C)c1. The quantitative estimate of drug-likeness (QED) is 0.537. The summed E-state index contributed by atoms with van der Waals surface area (Å²) in [6, 6.07) is 6.80. The van der Waals surface area contributed by atoms with E-state index in [4.69, 9.17) is 14.8 Å². The standard InChI is InChI=1S/C28H36N4O/c1-15-12-19(33-6)10-11-20(15)25-17(3)31-32-26(21-8-7-9-23(21)29-27(25)32)30-24-14-18-13-22(16(24)2)28(18,4)5/h10-12,16,18,22,24,30H,7-9,13-14H2,1-6H3/t16-,18+,22-,24-/m0/s1. The van der Waals surface area contributed by atoms with E-state index in [-0.39, 0.29) is 0 Å². The van der Waals surface area contributed by atoms with E-state index in [1.54, 1.807) is 7.11 Å². The average molecular weight is 445 g/mol. The Balaban J connectivity index is 1.46. The first-order valence-corrected chi connectivity index (χ1v) is 12.6. The fraction of sp³-hybridized carbons (Fsp3) is 0.571. The summed E-state index contributed by atoms with van der Waals surface area (Å²) < 4.78 is 7.56. The van der Waals surface area contributed by atoms with E-state index in [9.17, 15) is 0 Å². The molecule has 7 rings (SSSR count). The van der Waals surface area contributed by atoms with Crippen LogP contribution in [0.1, 0.15) is 62.5 Å². The molecule has 5 heteroatoms. The third-order valence-corrected chi connectivity index (χ3v) is 9.34. The molecule has 2 aromatic heterocycles. The molecule has 1 aromatic carbocycles. The van der Waals surface area contributed by atoms with Crippen molar-refractivity contribution >= 4 is 11.5 Å². The molecule has 2 heterocycles. The Morgan fingerprint density at radius 2 is 1.97 bits per heavy atom. The summed E-state index contributed by atoms with van der Waals surface area (Å²) in [4.78, 5) is 5.19. The Morgan fingerprint density at radius 1 is 1.15 bits per heavy atom. The highest BCUT2D eigenvalue weighted by Crippen LogP contribution is 2.61. The van der Waals surface area contributed by atoms with Crippen LogP contribution in [0.2, 0.25) is 0 Å². The molecule has 3 fully saturated rings. The summed E-state index contributed by atoms with van der Waals surface area (Å²) in [7, 11) is 1.72. The number of hydrogen-bond acceptors (Lipinski definition) is 4. The van der Waals surface area contributed by atoms with Crippen LogP contribution < -0.4 is 10.1 Å². The number of nitrogens with one attached hydrogen (secondary N) is 1. The van der Waals surface area contributed by atoms with Gasteiger partial charge < -0.3 is 10.1 Å². The molecule has 3 aromatic rings. The summed E-state index contributed by atoms with van der Waals surface area (Å²) in [5.74, 6) is 4.40. The van der Waals surface area contributed by atoms with Crippen LogP contribution in [0.3, 0.4) is 0 Å². The van der Waals surface area contributed by atoms with Gasteiger partial charge in [0.25, 0.3) is 0 Å². The minimum atomic E-state index is 0.495. The Hall–Kier alpha value is -2.56. The first-order chi connectivity index (χ1) is 15.8. The smallest absolute Gasteiger partial charge is 0.165 e. The predicted octanol–water partition coefficient (Wildman–Crippen LogP) is 5.99. The molecule has 2 bridgehead atoms. The number of ether oxygens (including phenoxy) is 1. The first kappa shape index (κ1) is 21.0. The van der Waals surface area contributed by atoms with Crippen molar-refractivity contribution < 1.29 is 4.74 Å². The zero-order chi connectivity index (χ0) is 23.1. The molecule has 0 aliphatic heterocycles. The summed E-state index contributed by atoms with van der Waals surface area (Å²) in [6.45, 7) is 11.7. The fourth-order valence-electron chi connectivity index (χ4n) is 7.16. The van der Waals surface area contributed by atoms with E-state index in [1.165, 1.54) is 47.5 Å². The van der Waals surface area contributed by atoms with Crippen molar-refractivity contribution in [3.8, 4) is 16.9 Å². The number of hydrogen-bond donors (Lipinski definition) is 1. The number of methoxy groups -OCH3 is 1. The van der Waals surface area contributed by atoms with E-state index >= 15 is 0 Å². The molecule has 0 unspecified atom stereocenters. The average Bonchev–Trinajstić information content (AvgIpc) is 3.38. The normalized spacial score (nSPS) is 27.3. The second kappa shape index (κ2) is 7.22. The fourth-order valence-corrected chi connectivity index (χ4v) is 7.16. The van der Waals surface area contributed by atoms with Crippen LogP contribution in [0.4, 0.5) is 5.82 Å². The summed E-state index contributed by atoms with van der Waals surface area (Å²) in [5.41, 5.74) is 8.67. The van der Waals surface area contributed by atoms with Crippen molar-refractivity contribution in [3.05, 3.63) is 40.7 Å². The maximum absolute atomic E-state index is 5.44. The van der Waals surface area contributed by atoms with Gasteiger partial charge in [-0.1, -0.05) is 26.8 Å². The third kappa shape index (κ3) is 2.97. The molecule has 174 valence electrons. The number of aryl methyl sites for hydroxylation is 3. The molecule has 5 nitrogen and oxygen atoms in total. The minimum Gasteiger partial charge on any atom is -0.497 e. The highest BCUT2D eigenvalue weighted by molar-refractivity contribution is 5.83. The maximum Gasteiger partial charge on any atom is 0.165 e. The highest BCUT2D eigenvalue weighted by atomic mass is 16.5. The number of nitrogens with zero attached hydrogens (tertiary/aromatic N) is 3. The van der Waals surface area contributed by atoms with Gasteiger partial charge in [0.1, 0.15) is 11.6 Å². The number of benzene rings is 1. The number of fused-ring (bicyclic) bond motifs is 4. The van der Waals surface area contributed by atoms with Gasteiger partial charge in [-0.25, -0.2) is 4.98 Å². The van der Waals surface area contributed by atoms with E-state index < -0.39 is 0 Å². The van der Waals surface area contributed by atoms with Gasteiger partial charge in [-0.15, -0.1) is 0 Å². The number of anilines is 1. The molecule has 0 amide bonds. The lowest BCUT2D eigenvalue weighted by Crippen LogP contribution is -2.58. The molecular weight excluding hydrogens is 408 g/mol. The molecule has 4 atom stereocenters. The molecule has 0 spiro atoms. The van der Waals surface area contributed by atoms with Gasteiger partial charge in [-0.3, -0.25) is 0 Å². The van der Waals surface area contributed by atoms with Gasteiger partial charge in [0.15, 0.2) is 5.65 Å². The lowest BCUT2D eigenvalue weighted by molar-refractivity contribution is -0.105. The van der Waals surface area contributed by atoms with E-state index in [0.29, 0.717) is 17.4 Å². The highest BCUT2D eigenvalue weighted by Gasteiger charge is 2.56. The van der Waals surface area contributed by atoms with Crippen LogP contribution >= 0.6 is 0 Å². The molecule has 4 aliphatic carbocycles. The molecule has 3 saturated carbocycles. The molecule has 4 aliphatic rings. The molecular formula is C28H36N4O. The topological polar surface area (TPSA) is 51.5 Å². The molecule has 1 N–H and O–H groups in total. The lowest BCUT2D eigenvalue weighted by Gasteiger charge is -2.62. The van der Waals surface area contributed by atoms with E-state index in [2.05, 4.69) is 56.6 Å². The molecule has 33 heavy (non-hydrogen) atoms. The van der Waals surface area contributed by atoms with Crippen LogP contribution in [0, 0.1) is 37.0 Å². The summed E-state index contributed by atoms with van der Waals surface area (Å²) in [5, 5.41) is 9.10. The van der Waals surface area contributed by atoms with Gasteiger partial charge >= 0.3 is 0 Å². The number of rotatable bonds is 4. The predicted molar refractivity (Wildman–Crippen MR) is 133 cm³/mol. The van der Waals surface area contributed by atoms with Crippen molar-refractivity contribution in [2.75, 3.05) is 12.4 Å². The number of aromatic nitrogens is 3. The lowest BCUT2D eigenvalue weighted by atomic mass is 9.45. The van der Waals surface area contributed by atoms with Crippen molar-refractivity contribution in [2.24, 2.45) is 23.2 Å². The Kier molecular flexibility index (Phi) is 4.59. The van der Waals surface area contributed by atoms with Gasteiger partial charge in [-0.05, 0) is 92.4 Å². The third-order valence-electron chi connectivity index (χ3n) is 9.34. The van der Waals surface area contributed by atoms with Crippen LogP contribution in [-0.2, 0) is 12.8 Å². The first-order valence-electron chi connectivity index (χ1n) is 12.6. The van der Waals surface area contributed by atoms with Crippen molar-refractivity contribution in [2.45, 2.75) is 72.8 Å². The Labute approximate surface area is 196 Å². The van der Waals surface area contributed by atoms with Crippen LogP contribution in [0.5, 0.6) is 5.75 Å². The summed E-state index contributed by atoms with van der Waals surface area (Å²) >= 11 is 0. The van der Waals surface area contributed by atoms with Crippen LogP contribution in [0.15, 0.2) is 18.2 Å². The monoisotopic (exact) mass is 444 g/mol. The van der Waals surface area contributed by atoms with E-state index in [0.717, 1.165) is 47.3 Å². The maximum atomic E-state index is 5.44. The zero-order valence-electron chi connectivity index (χ0n) is 20.8. The zero-order valence-corrected chi connectivity index (χ0v) is 20.8. The van der Waals surface area contributed by atoms with E-state index in [1.807, 2.05) is 6.07 Å². The Morgan fingerprint density at radius 3 is 2.67 bits per heavy atom. The largest absolute Gasteiger partial charge is 0.497 e. The summed E-state index contributed by atoms with van der Waals surface area (Å²) in [6.07, 6.45) is 5.99. The van der Waals surface area contributed by atoms with Gasteiger partial charge in [0, 0.05) is 22.9 Å². The van der Waals surface area contributed by atoms with Gasteiger partial charge in [0.2, 0.25) is 0 Å². The van der Waals surface area contributed by atoms with Gasteiger partial charge in [-0.2, -0.15) is 9.61 Å². The Bertz CT molecular complexity index is 1260. The molecule has 0 radical (unpaired) electrons. The minimum absolute atomic E-state index is 0.495. The van der Waals surface area contributed by atoms with Crippen LogP contribution in [0.25, 0.3) is 16.8 Å².